The molecule has 1 aromatic rings. The van der Waals surface area contributed by atoms with Gasteiger partial charge in [0.25, 0.3) is 5.91 Å². The molecule has 1 aliphatic carbocycles. The Hall–Kier alpha value is -2.18. The minimum absolute atomic E-state index is 0.0226. The molecule has 7 heteroatoms. The van der Waals surface area contributed by atoms with Crippen LogP contribution in [0.25, 0.3) is 0 Å². The molecule has 0 saturated heterocycles. The molecule has 132 valence electrons. The predicted octanol–water partition coefficient (Wildman–Crippen LogP) is 2.71. The topological polar surface area (TPSA) is 67.4 Å². The number of hydrogen-bond acceptors (Lipinski definition) is 3. The second-order valence-corrected chi connectivity index (χ2v) is 6.02. The number of rotatable bonds is 6. The first-order chi connectivity index (χ1) is 11.5. The Balaban J connectivity index is 1.78. The van der Waals surface area contributed by atoms with Crippen LogP contribution in [0.5, 0.6) is 5.75 Å². The van der Waals surface area contributed by atoms with E-state index in [1.807, 2.05) is 0 Å². The van der Waals surface area contributed by atoms with E-state index in [0.717, 1.165) is 19.3 Å². The number of carbonyl (C=O) groups is 2. The average molecular weight is 340 g/mol. The van der Waals surface area contributed by atoms with Gasteiger partial charge in [-0.15, -0.1) is 0 Å². The fourth-order valence-electron chi connectivity index (χ4n) is 2.84. The quantitative estimate of drug-likeness (QED) is 0.837. The van der Waals surface area contributed by atoms with Crippen LogP contribution in [0.2, 0.25) is 0 Å². The van der Waals surface area contributed by atoms with Crippen LogP contribution in [0.1, 0.15) is 43.0 Å². The SMILES string of the molecule is C[C@H]1CCCC[C@@H]1NC(=O)CNC(=O)c1ccc(OC(F)F)cc1. The second-order valence-electron chi connectivity index (χ2n) is 6.02. The molecule has 5 nitrogen and oxygen atoms in total. The Bertz CT molecular complexity index is 563. The van der Waals surface area contributed by atoms with Crippen LogP contribution in [0, 0.1) is 5.92 Å². The summed E-state index contributed by atoms with van der Waals surface area (Å²) < 4.78 is 28.3. The lowest BCUT2D eigenvalue weighted by molar-refractivity contribution is -0.121. The van der Waals surface area contributed by atoms with Gasteiger partial charge in [-0.25, -0.2) is 0 Å². The molecule has 0 heterocycles. The fourth-order valence-corrected chi connectivity index (χ4v) is 2.84. The third kappa shape index (κ3) is 5.47. The smallest absolute Gasteiger partial charge is 0.387 e. The van der Waals surface area contributed by atoms with Gasteiger partial charge in [-0.3, -0.25) is 9.59 Å². The molecule has 1 aliphatic rings. The number of hydrogen-bond donors (Lipinski definition) is 2. The highest BCUT2D eigenvalue weighted by molar-refractivity contribution is 5.96. The number of ether oxygens (including phenoxy) is 1. The highest BCUT2D eigenvalue weighted by Crippen LogP contribution is 2.23. The molecule has 2 amide bonds. The van der Waals surface area contributed by atoms with Crippen molar-refractivity contribution in [2.45, 2.75) is 45.3 Å². The lowest BCUT2D eigenvalue weighted by Gasteiger charge is -2.29. The summed E-state index contributed by atoms with van der Waals surface area (Å²) in [7, 11) is 0. The molecule has 1 saturated carbocycles. The molecule has 2 rings (SSSR count). The highest BCUT2D eigenvalue weighted by atomic mass is 19.3. The van der Waals surface area contributed by atoms with Gasteiger partial charge in [0, 0.05) is 11.6 Å². The van der Waals surface area contributed by atoms with E-state index in [1.54, 1.807) is 0 Å². The van der Waals surface area contributed by atoms with E-state index in [0.29, 0.717) is 5.92 Å². The van der Waals surface area contributed by atoms with Gasteiger partial charge in [0.2, 0.25) is 5.91 Å². The maximum atomic E-state index is 12.1. The Morgan fingerprint density at radius 3 is 2.50 bits per heavy atom. The summed E-state index contributed by atoms with van der Waals surface area (Å²) in [6.45, 7) is -0.904. The molecule has 24 heavy (non-hydrogen) atoms. The van der Waals surface area contributed by atoms with Crippen LogP contribution < -0.4 is 15.4 Å². The highest BCUT2D eigenvalue weighted by Gasteiger charge is 2.22. The van der Waals surface area contributed by atoms with Gasteiger partial charge in [-0.1, -0.05) is 19.8 Å². The lowest BCUT2D eigenvalue weighted by Crippen LogP contribution is -2.45. The number of alkyl halides is 2. The molecule has 0 bridgehead atoms. The maximum absolute atomic E-state index is 12.1. The number of amides is 2. The standard InChI is InChI=1S/C17H22F2N2O3/c1-11-4-2-3-5-14(11)21-15(22)10-20-16(23)12-6-8-13(9-7-12)24-17(18)19/h6-9,11,14,17H,2-5,10H2,1H3,(H,20,23)(H,21,22)/t11-,14-/m0/s1. The fraction of sp³-hybridized carbons (Fsp3) is 0.529. The van der Waals surface area contributed by atoms with Crippen LogP contribution in [0.4, 0.5) is 8.78 Å². The minimum atomic E-state index is -2.91. The second kappa shape index (κ2) is 8.61. The lowest BCUT2D eigenvalue weighted by atomic mass is 9.86. The van der Waals surface area contributed by atoms with Gasteiger partial charge in [-0.2, -0.15) is 8.78 Å². The van der Waals surface area contributed by atoms with Gasteiger partial charge in [0.15, 0.2) is 0 Å². The zero-order valence-corrected chi connectivity index (χ0v) is 13.6. The molecular weight excluding hydrogens is 318 g/mol. The van der Waals surface area contributed by atoms with Crippen LogP contribution in [0.3, 0.4) is 0 Å². The van der Waals surface area contributed by atoms with E-state index in [4.69, 9.17) is 0 Å². The molecule has 1 aromatic carbocycles. The van der Waals surface area contributed by atoms with Gasteiger partial charge in [0.1, 0.15) is 5.75 Å². The first-order valence-corrected chi connectivity index (χ1v) is 8.08. The average Bonchev–Trinajstić information content (AvgIpc) is 2.55. The molecule has 0 unspecified atom stereocenters. The molecule has 0 spiro atoms. The van der Waals surface area contributed by atoms with Crippen LogP contribution in [-0.4, -0.2) is 31.0 Å². The summed E-state index contributed by atoms with van der Waals surface area (Å²) in [5, 5.41) is 5.47. The van der Waals surface area contributed by atoms with E-state index in [1.165, 1.54) is 30.7 Å². The summed E-state index contributed by atoms with van der Waals surface area (Å²) in [6.07, 6.45) is 4.36. The summed E-state index contributed by atoms with van der Waals surface area (Å²) in [6, 6.07) is 5.46. The van der Waals surface area contributed by atoms with Crippen LogP contribution in [-0.2, 0) is 4.79 Å². The zero-order chi connectivity index (χ0) is 17.5. The third-order valence-corrected chi connectivity index (χ3v) is 4.21. The van der Waals surface area contributed by atoms with Crippen molar-refractivity contribution in [3.05, 3.63) is 29.8 Å². The molecule has 0 radical (unpaired) electrons. The normalized spacial score (nSPS) is 20.5. The Morgan fingerprint density at radius 2 is 1.88 bits per heavy atom. The van der Waals surface area contributed by atoms with Crippen LogP contribution >= 0.6 is 0 Å². The molecular formula is C17H22F2N2O3. The van der Waals surface area contributed by atoms with Crippen molar-refractivity contribution in [3.63, 3.8) is 0 Å². The first kappa shape index (κ1) is 18.2. The first-order valence-electron chi connectivity index (χ1n) is 8.08. The molecule has 0 aromatic heterocycles. The molecule has 2 N–H and O–H groups in total. The van der Waals surface area contributed by atoms with Crippen molar-refractivity contribution in [1.82, 2.24) is 10.6 Å². The van der Waals surface area contributed by atoms with E-state index in [-0.39, 0.29) is 29.8 Å². The molecule has 2 atom stereocenters. The summed E-state index contributed by atoms with van der Waals surface area (Å²) >= 11 is 0. The van der Waals surface area contributed by atoms with E-state index < -0.39 is 12.5 Å². The van der Waals surface area contributed by atoms with Crippen molar-refractivity contribution < 1.29 is 23.1 Å². The van der Waals surface area contributed by atoms with Crippen molar-refractivity contribution in [1.29, 1.82) is 0 Å². The molecule has 0 aliphatic heterocycles. The van der Waals surface area contributed by atoms with Gasteiger partial charge in [0.05, 0.1) is 6.54 Å². The van der Waals surface area contributed by atoms with E-state index in [2.05, 4.69) is 22.3 Å². The summed E-state index contributed by atoms with van der Waals surface area (Å²) in [5.41, 5.74) is 0.274. The van der Waals surface area contributed by atoms with Gasteiger partial charge in [-0.05, 0) is 43.0 Å². The third-order valence-electron chi connectivity index (χ3n) is 4.21. The van der Waals surface area contributed by atoms with Gasteiger partial charge < -0.3 is 15.4 Å². The van der Waals surface area contributed by atoms with Crippen molar-refractivity contribution in [3.8, 4) is 5.75 Å². The van der Waals surface area contributed by atoms with E-state index in [9.17, 15) is 18.4 Å². The van der Waals surface area contributed by atoms with Crippen molar-refractivity contribution in [2.75, 3.05) is 6.54 Å². The number of carbonyl (C=O) groups excluding carboxylic acids is 2. The van der Waals surface area contributed by atoms with Crippen molar-refractivity contribution >= 4 is 11.8 Å². The monoisotopic (exact) mass is 340 g/mol. The Labute approximate surface area is 139 Å². The number of halogens is 2. The maximum Gasteiger partial charge on any atom is 0.387 e. The minimum Gasteiger partial charge on any atom is -0.435 e. The predicted molar refractivity (Wildman–Crippen MR) is 85.0 cm³/mol. The summed E-state index contributed by atoms with van der Waals surface area (Å²) in [4.78, 5) is 23.9. The largest absolute Gasteiger partial charge is 0.435 e. The number of nitrogens with one attached hydrogen (secondary N) is 2. The Morgan fingerprint density at radius 1 is 1.21 bits per heavy atom. The Kier molecular flexibility index (Phi) is 6.52. The molecule has 1 fully saturated rings. The van der Waals surface area contributed by atoms with Gasteiger partial charge >= 0.3 is 6.61 Å². The van der Waals surface area contributed by atoms with Crippen LogP contribution in [0.15, 0.2) is 24.3 Å². The summed E-state index contributed by atoms with van der Waals surface area (Å²) in [5.74, 6) is -0.239. The zero-order valence-electron chi connectivity index (χ0n) is 13.6. The number of benzene rings is 1. The van der Waals surface area contributed by atoms with E-state index >= 15 is 0 Å². The van der Waals surface area contributed by atoms with Crippen molar-refractivity contribution in [2.24, 2.45) is 5.92 Å².